The molecule has 0 radical (unpaired) electrons. The molecule has 142 valence electrons. The molecule has 2 aliphatic heterocycles. The van der Waals surface area contributed by atoms with Crippen molar-refractivity contribution in [1.29, 1.82) is 0 Å². The lowest BCUT2D eigenvalue weighted by Gasteiger charge is -2.19. The number of fused-ring (bicyclic) bond motifs is 1. The van der Waals surface area contributed by atoms with Crippen LogP contribution in [0.1, 0.15) is 49.0 Å². The molecule has 7 nitrogen and oxygen atoms in total. The van der Waals surface area contributed by atoms with Gasteiger partial charge in [-0.25, -0.2) is 20.8 Å². The second-order valence-corrected chi connectivity index (χ2v) is 7.77. The highest BCUT2D eigenvalue weighted by Gasteiger charge is 2.35. The zero-order valence-corrected chi connectivity index (χ0v) is 15.6. The second kappa shape index (κ2) is 7.25. The molecule has 2 aromatic rings. The maximum atomic E-state index is 12.9. The summed E-state index contributed by atoms with van der Waals surface area (Å²) in [6, 6.07) is 6.84. The van der Waals surface area contributed by atoms with Crippen molar-refractivity contribution in [1.82, 2.24) is 25.7 Å². The Morgan fingerprint density at radius 2 is 2.04 bits per heavy atom. The van der Waals surface area contributed by atoms with Gasteiger partial charge in [-0.1, -0.05) is 26.0 Å². The minimum Gasteiger partial charge on any atom is -0.508 e. The standard InChI is InChI=1S/C20H25N5O2/c1-12(2)7-19-21-9-14-10-25(11-18(14)22-19)20(27)17-8-16(23-24-17)13-3-5-15(26)6-4-13/h3-6,9,12,16-17,23-24,26H,7-8,10-11H2,1-2H3. The normalized spacial score (nSPS) is 21.7. The Hall–Kier alpha value is -2.51. The quantitative estimate of drug-likeness (QED) is 0.764. The number of nitrogens with one attached hydrogen (secondary N) is 2. The minimum atomic E-state index is -0.277. The van der Waals surface area contributed by atoms with E-state index in [1.54, 1.807) is 12.1 Å². The number of hydrazine groups is 1. The summed E-state index contributed by atoms with van der Waals surface area (Å²) < 4.78 is 0. The molecule has 0 spiro atoms. The summed E-state index contributed by atoms with van der Waals surface area (Å²) in [5.41, 5.74) is 9.36. The molecule has 1 amide bonds. The van der Waals surface area contributed by atoms with Gasteiger partial charge in [0.15, 0.2) is 0 Å². The number of phenolic OH excluding ortho intramolecular Hbond substituents is 1. The van der Waals surface area contributed by atoms with Crippen LogP contribution in [0, 0.1) is 5.92 Å². The maximum absolute atomic E-state index is 12.9. The Morgan fingerprint density at radius 1 is 1.26 bits per heavy atom. The molecule has 1 fully saturated rings. The fourth-order valence-electron chi connectivity index (χ4n) is 3.68. The van der Waals surface area contributed by atoms with E-state index in [-0.39, 0.29) is 23.7 Å². The number of carbonyl (C=O) groups is 1. The number of rotatable bonds is 4. The first-order chi connectivity index (χ1) is 13.0. The van der Waals surface area contributed by atoms with Gasteiger partial charge in [0.05, 0.1) is 12.2 Å². The number of amides is 1. The summed E-state index contributed by atoms with van der Waals surface area (Å²) in [4.78, 5) is 23.9. The first-order valence-corrected chi connectivity index (χ1v) is 9.42. The second-order valence-electron chi connectivity index (χ2n) is 7.77. The molecule has 1 aromatic carbocycles. The molecular weight excluding hydrogens is 342 g/mol. The molecular formula is C20H25N5O2. The molecule has 7 heteroatoms. The van der Waals surface area contributed by atoms with Gasteiger partial charge in [0.1, 0.15) is 17.6 Å². The van der Waals surface area contributed by atoms with Gasteiger partial charge in [0.2, 0.25) is 5.91 Å². The van der Waals surface area contributed by atoms with E-state index < -0.39 is 0 Å². The molecule has 1 aromatic heterocycles. The SMILES string of the molecule is CC(C)Cc1ncc2c(n1)CN(C(=O)C1CC(c3ccc(O)cc3)NN1)C2. The number of aromatic hydroxyl groups is 1. The number of aromatic nitrogens is 2. The van der Waals surface area contributed by atoms with Gasteiger partial charge in [-0.3, -0.25) is 4.79 Å². The first-order valence-electron chi connectivity index (χ1n) is 9.42. The Morgan fingerprint density at radius 3 is 2.78 bits per heavy atom. The maximum Gasteiger partial charge on any atom is 0.241 e. The molecule has 4 rings (SSSR count). The Labute approximate surface area is 158 Å². The van der Waals surface area contributed by atoms with E-state index in [9.17, 15) is 9.90 Å². The zero-order valence-electron chi connectivity index (χ0n) is 15.6. The highest BCUT2D eigenvalue weighted by molar-refractivity contribution is 5.82. The highest BCUT2D eigenvalue weighted by Crippen LogP contribution is 2.27. The Kier molecular flexibility index (Phi) is 4.80. The molecule has 0 aliphatic carbocycles. The van der Waals surface area contributed by atoms with E-state index in [2.05, 4.69) is 34.7 Å². The lowest BCUT2D eigenvalue weighted by Crippen LogP contribution is -2.43. The van der Waals surface area contributed by atoms with Crippen LogP contribution in [0.15, 0.2) is 30.5 Å². The number of phenols is 1. The number of hydrogen-bond acceptors (Lipinski definition) is 6. The molecule has 2 atom stereocenters. The van der Waals surface area contributed by atoms with Crippen molar-refractivity contribution in [3.8, 4) is 5.75 Å². The minimum absolute atomic E-state index is 0.0435. The van der Waals surface area contributed by atoms with E-state index >= 15 is 0 Å². The molecule has 0 saturated carbocycles. The largest absolute Gasteiger partial charge is 0.508 e. The lowest BCUT2D eigenvalue weighted by atomic mass is 10.0. The fourth-order valence-corrected chi connectivity index (χ4v) is 3.68. The van der Waals surface area contributed by atoms with Crippen molar-refractivity contribution in [2.24, 2.45) is 5.92 Å². The van der Waals surface area contributed by atoms with E-state index in [1.807, 2.05) is 23.2 Å². The Balaban J connectivity index is 1.40. The van der Waals surface area contributed by atoms with E-state index in [0.29, 0.717) is 25.4 Å². The average Bonchev–Trinajstić information content (AvgIpc) is 3.28. The molecule has 27 heavy (non-hydrogen) atoms. The molecule has 3 heterocycles. The number of carbonyl (C=O) groups excluding carboxylic acids is 1. The highest BCUT2D eigenvalue weighted by atomic mass is 16.3. The monoisotopic (exact) mass is 367 g/mol. The topological polar surface area (TPSA) is 90.4 Å². The van der Waals surface area contributed by atoms with Crippen LogP contribution < -0.4 is 10.9 Å². The molecule has 3 N–H and O–H groups in total. The molecule has 2 aliphatic rings. The summed E-state index contributed by atoms with van der Waals surface area (Å²) in [5.74, 6) is 1.68. The van der Waals surface area contributed by atoms with Gasteiger partial charge < -0.3 is 10.0 Å². The van der Waals surface area contributed by atoms with Crippen LogP contribution in [0.5, 0.6) is 5.75 Å². The van der Waals surface area contributed by atoms with Gasteiger partial charge in [-0.2, -0.15) is 0 Å². The molecule has 1 saturated heterocycles. The van der Waals surface area contributed by atoms with Gasteiger partial charge in [-0.05, 0) is 30.0 Å². The third kappa shape index (κ3) is 3.79. The third-order valence-corrected chi connectivity index (χ3v) is 5.11. The van der Waals surface area contributed by atoms with Crippen molar-refractivity contribution in [2.45, 2.75) is 51.9 Å². The third-order valence-electron chi connectivity index (χ3n) is 5.11. The van der Waals surface area contributed by atoms with Crippen molar-refractivity contribution in [3.63, 3.8) is 0 Å². The van der Waals surface area contributed by atoms with Crippen LogP contribution >= 0.6 is 0 Å². The molecule has 0 bridgehead atoms. The lowest BCUT2D eigenvalue weighted by molar-refractivity contribution is -0.133. The summed E-state index contributed by atoms with van der Waals surface area (Å²) in [6.45, 7) is 5.41. The van der Waals surface area contributed by atoms with E-state index in [4.69, 9.17) is 0 Å². The summed E-state index contributed by atoms with van der Waals surface area (Å²) in [7, 11) is 0. The number of benzene rings is 1. The van der Waals surface area contributed by atoms with E-state index in [1.165, 1.54) is 0 Å². The van der Waals surface area contributed by atoms with Crippen molar-refractivity contribution in [2.75, 3.05) is 0 Å². The first kappa shape index (κ1) is 17.9. The predicted molar refractivity (Wildman–Crippen MR) is 100 cm³/mol. The molecule has 2 unspecified atom stereocenters. The summed E-state index contributed by atoms with van der Waals surface area (Å²) >= 11 is 0. The smallest absolute Gasteiger partial charge is 0.241 e. The van der Waals surface area contributed by atoms with Gasteiger partial charge >= 0.3 is 0 Å². The van der Waals surface area contributed by atoms with Crippen LogP contribution in [-0.2, 0) is 24.3 Å². The van der Waals surface area contributed by atoms with Crippen LogP contribution in [0.4, 0.5) is 0 Å². The van der Waals surface area contributed by atoms with E-state index in [0.717, 1.165) is 29.1 Å². The fraction of sp³-hybridized carbons (Fsp3) is 0.450. The van der Waals surface area contributed by atoms with Crippen LogP contribution in [0.3, 0.4) is 0 Å². The summed E-state index contributed by atoms with van der Waals surface area (Å²) in [5, 5.41) is 9.43. The van der Waals surface area contributed by atoms with Gasteiger partial charge in [0, 0.05) is 30.8 Å². The van der Waals surface area contributed by atoms with Crippen LogP contribution in [0.2, 0.25) is 0 Å². The van der Waals surface area contributed by atoms with Crippen LogP contribution in [-0.4, -0.2) is 31.9 Å². The summed E-state index contributed by atoms with van der Waals surface area (Å²) in [6.07, 6.45) is 3.39. The number of hydrogen-bond donors (Lipinski definition) is 3. The predicted octanol–water partition coefficient (Wildman–Crippen LogP) is 1.83. The number of nitrogens with zero attached hydrogens (tertiary/aromatic N) is 3. The van der Waals surface area contributed by atoms with Gasteiger partial charge in [0.25, 0.3) is 0 Å². The van der Waals surface area contributed by atoms with Gasteiger partial charge in [-0.15, -0.1) is 0 Å². The Bertz CT molecular complexity index is 837. The van der Waals surface area contributed by atoms with Crippen molar-refractivity contribution < 1.29 is 9.90 Å². The average molecular weight is 367 g/mol. The van der Waals surface area contributed by atoms with Crippen LogP contribution in [0.25, 0.3) is 0 Å². The van der Waals surface area contributed by atoms with Crippen molar-refractivity contribution in [3.05, 3.63) is 53.1 Å². The van der Waals surface area contributed by atoms with Crippen molar-refractivity contribution >= 4 is 5.91 Å². The zero-order chi connectivity index (χ0) is 19.0.